The van der Waals surface area contributed by atoms with Crippen molar-refractivity contribution in [1.29, 1.82) is 0 Å². The van der Waals surface area contributed by atoms with E-state index in [0.29, 0.717) is 0 Å². The summed E-state index contributed by atoms with van der Waals surface area (Å²) in [5.74, 6) is -0.205. The Morgan fingerprint density at radius 2 is 2.30 bits per heavy atom. The van der Waals surface area contributed by atoms with Crippen molar-refractivity contribution in [3.8, 4) is 0 Å². The van der Waals surface area contributed by atoms with E-state index in [0.717, 1.165) is 42.7 Å². The Morgan fingerprint density at radius 3 is 2.95 bits per heavy atom. The normalized spacial score (nSPS) is 21.9. The topological polar surface area (TPSA) is 24.5 Å². The number of halogens is 2. The quantitative estimate of drug-likeness (QED) is 0.887. The maximum absolute atomic E-state index is 13.5. The van der Waals surface area contributed by atoms with Gasteiger partial charge in [0.25, 0.3) is 0 Å². The van der Waals surface area contributed by atoms with E-state index in [9.17, 15) is 4.39 Å². The molecule has 0 aromatic heterocycles. The second-order valence-corrected chi connectivity index (χ2v) is 6.10. The van der Waals surface area contributed by atoms with E-state index in [1.165, 1.54) is 6.07 Å². The summed E-state index contributed by atoms with van der Waals surface area (Å²) >= 11 is 3.34. The minimum absolute atomic E-state index is 0.149. The summed E-state index contributed by atoms with van der Waals surface area (Å²) in [7, 11) is 1.94. The number of hydrogen-bond donors (Lipinski definition) is 1. The van der Waals surface area contributed by atoms with Crippen molar-refractivity contribution in [2.75, 3.05) is 33.3 Å². The molecule has 1 fully saturated rings. The van der Waals surface area contributed by atoms with Crippen LogP contribution in [0.3, 0.4) is 0 Å². The second-order valence-electron chi connectivity index (χ2n) is 5.18. The Morgan fingerprint density at radius 1 is 1.50 bits per heavy atom. The molecule has 0 radical (unpaired) electrons. The third-order valence-corrected chi connectivity index (χ3v) is 4.28. The van der Waals surface area contributed by atoms with Crippen LogP contribution in [0.5, 0.6) is 0 Å². The fourth-order valence-corrected chi connectivity index (χ4v) is 3.18. The van der Waals surface area contributed by atoms with Gasteiger partial charge in [0.1, 0.15) is 5.82 Å². The fraction of sp³-hybridized carbons (Fsp3) is 0.600. The molecule has 1 aromatic rings. The van der Waals surface area contributed by atoms with Crippen LogP contribution in [-0.4, -0.2) is 50.3 Å². The highest BCUT2D eigenvalue weighted by atomic mass is 79.9. The molecule has 2 rings (SSSR count). The van der Waals surface area contributed by atoms with E-state index >= 15 is 0 Å². The molecule has 2 atom stereocenters. The Hall–Kier alpha value is -0.490. The Kier molecular flexibility index (Phi) is 5.96. The van der Waals surface area contributed by atoms with Gasteiger partial charge < -0.3 is 10.1 Å². The van der Waals surface area contributed by atoms with Crippen LogP contribution < -0.4 is 5.32 Å². The van der Waals surface area contributed by atoms with Crippen molar-refractivity contribution in [3.05, 3.63) is 34.1 Å². The zero-order valence-corrected chi connectivity index (χ0v) is 13.6. The van der Waals surface area contributed by atoms with E-state index in [-0.39, 0.29) is 18.0 Å². The summed E-state index contributed by atoms with van der Waals surface area (Å²) < 4.78 is 20.1. The first-order valence-corrected chi connectivity index (χ1v) is 7.88. The number of nitrogens with one attached hydrogen (secondary N) is 1. The van der Waals surface area contributed by atoms with Gasteiger partial charge in [0, 0.05) is 23.6 Å². The zero-order valence-electron chi connectivity index (χ0n) is 12.0. The summed E-state index contributed by atoms with van der Waals surface area (Å²) in [6, 6.07) is 5.23. The molecule has 1 saturated heterocycles. The SMILES string of the molecule is CCN1CCOC(C(Cc2cc(F)cc(Br)c2)NC)C1. The molecule has 0 amide bonds. The van der Waals surface area contributed by atoms with Crippen LogP contribution in [0.4, 0.5) is 4.39 Å². The molecule has 1 aliphatic heterocycles. The molecule has 1 heterocycles. The molecular weight excluding hydrogens is 323 g/mol. The van der Waals surface area contributed by atoms with Crippen LogP contribution in [0.1, 0.15) is 12.5 Å². The lowest BCUT2D eigenvalue weighted by molar-refractivity contribution is -0.0436. The minimum atomic E-state index is -0.205. The van der Waals surface area contributed by atoms with Gasteiger partial charge in [-0.25, -0.2) is 4.39 Å². The van der Waals surface area contributed by atoms with Crippen LogP contribution in [0.15, 0.2) is 22.7 Å². The van der Waals surface area contributed by atoms with Gasteiger partial charge >= 0.3 is 0 Å². The van der Waals surface area contributed by atoms with Gasteiger partial charge in [-0.1, -0.05) is 22.9 Å². The van der Waals surface area contributed by atoms with Gasteiger partial charge in [0.2, 0.25) is 0 Å². The van der Waals surface area contributed by atoms with E-state index < -0.39 is 0 Å². The van der Waals surface area contributed by atoms with Gasteiger partial charge in [-0.05, 0) is 43.8 Å². The Labute approximate surface area is 128 Å². The molecule has 0 spiro atoms. The van der Waals surface area contributed by atoms with Gasteiger partial charge in [-0.15, -0.1) is 0 Å². The maximum atomic E-state index is 13.5. The van der Waals surface area contributed by atoms with Crippen molar-refractivity contribution in [3.63, 3.8) is 0 Å². The van der Waals surface area contributed by atoms with Crippen molar-refractivity contribution in [2.24, 2.45) is 0 Å². The lowest BCUT2D eigenvalue weighted by Crippen LogP contribution is -2.52. The summed E-state index contributed by atoms with van der Waals surface area (Å²) in [5.41, 5.74) is 0.980. The predicted octanol–water partition coefficient (Wildman–Crippen LogP) is 2.44. The first-order chi connectivity index (χ1) is 9.62. The standard InChI is InChI=1S/C15H22BrFN2O/c1-3-19-4-5-20-15(10-19)14(18-2)8-11-6-12(16)9-13(17)7-11/h6-7,9,14-15,18H,3-5,8,10H2,1-2H3. The van der Waals surface area contributed by atoms with Crippen molar-refractivity contribution >= 4 is 15.9 Å². The number of hydrogen-bond acceptors (Lipinski definition) is 3. The predicted molar refractivity (Wildman–Crippen MR) is 82.5 cm³/mol. The van der Waals surface area contributed by atoms with Crippen molar-refractivity contribution < 1.29 is 9.13 Å². The molecule has 0 bridgehead atoms. The fourth-order valence-electron chi connectivity index (χ4n) is 2.66. The molecular formula is C15H22BrFN2O. The highest BCUT2D eigenvalue weighted by molar-refractivity contribution is 9.10. The van der Waals surface area contributed by atoms with E-state index in [1.54, 1.807) is 6.07 Å². The van der Waals surface area contributed by atoms with Crippen LogP contribution in [0, 0.1) is 5.82 Å². The van der Waals surface area contributed by atoms with Crippen molar-refractivity contribution in [2.45, 2.75) is 25.5 Å². The van der Waals surface area contributed by atoms with Crippen LogP contribution in [0.2, 0.25) is 0 Å². The van der Waals surface area contributed by atoms with Crippen LogP contribution in [-0.2, 0) is 11.2 Å². The Bertz CT molecular complexity index is 424. The Balaban J connectivity index is 2.04. The second kappa shape index (κ2) is 7.50. The first kappa shape index (κ1) is 15.9. The number of nitrogens with zero attached hydrogens (tertiary/aromatic N) is 1. The number of morpholine rings is 1. The average Bonchev–Trinajstić information content (AvgIpc) is 2.44. The van der Waals surface area contributed by atoms with Crippen LogP contribution >= 0.6 is 15.9 Å². The first-order valence-electron chi connectivity index (χ1n) is 7.08. The largest absolute Gasteiger partial charge is 0.374 e. The molecule has 0 aliphatic carbocycles. The number of ether oxygens (including phenoxy) is 1. The number of benzene rings is 1. The van der Waals surface area contributed by atoms with Gasteiger partial charge in [-0.3, -0.25) is 4.90 Å². The van der Waals surface area contributed by atoms with E-state index in [1.807, 2.05) is 13.1 Å². The summed E-state index contributed by atoms with van der Waals surface area (Å²) in [4.78, 5) is 2.39. The minimum Gasteiger partial charge on any atom is -0.374 e. The molecule has 1 N–H and O–H groups in total. The van der Waals surface area contributed by atoms with Gasteiger partial charge in [0.05, 0.1) is 12.7 Å². The molecule has 5 heteroatoms. The lowest BCUT2D eigenvalue weighted by atomic mass is 10.00. The number of rotatable bonds is 5. The van der Waals surface area contributed by atoms with Gasteiger partial charge in [0.15, 0.2) is 0 Å². The smallest absolute Gasteiger partial charge is 0.124 e. The van der Waals surface area contributed by atoms with E-state index in [2.05, 4.69) is 33.1 Å². The molecule has 1 aliphatic rings. The molecule has 2 unspecified atom stereocenters. The average molecular weight is 345 g/mol. The summed E-state index contributed by atoms with van der Waals surface area (Å²) in [6.45, 7) is 5.90. The lowest BCUT2D eigenvalue weighted by Gasteiger charge is -2.36. The summed E-state index contributed by atoms with van der Waals surface area (Å²) in [6.07, 6.45) is 0.908. The third kappa shape index (κ3) is 4.25. The monoisotopic (exact) mass is 344 g/mol. The molecule has 1 aromatic carbocycles. The van der Waals surface area contributed by atoms with E-state index in [4.69, 9.17) is 4.74 Å². The third-order valence-electron chi connectivity index (χ3n) is 3.82. The zero-order chi connectivity index (χ0) is 14.5. The molecule has 3 nitrogen and oxygen atoms in total. The molecule has 112 valence electrons. The molecule has 20 heavy (non-hydrogen) atoms. The highest BCUT2D eigenvalue weighted by Gasteiger charge is 2.26. The van der Waals surface area contributed by atoms with Crippen LogP contribution in [0.25, 0.3) is 0 Å². The highest BCUT2D eigenvalue weighted by Crippen LogP contribution is 2.18. The maximum Gasteiger partial charge on any atom is 0.124 e. The number of likely N-dealkylation sites (N-methyl/N-ethyl adjacent to an activating group) is 2. The van der Waals surface area contributed by atoms with Crippen molar-refractivity contribution in [1.82, 2.24) is 10.2 Å². The molecule has 0 saturated carbocycles. The van der Waals surface area contributed by atoms with Gasteiger partial charge in [-0.2, -0.15) is 0 Å². The summed E-state index contributed by atoms with van der Waals surface area (Å²) in [5, 5.41) is 3.31.